The maximum atomic E-state index is 9.86. The molecule has 0 saturated carbocycles. The van der Waals surface area contributed by atoms with Gasteiger partial charge in [0.15, 0.2) is 5.82 Å². The monoisotopic (exact) mass is 296 g/mol. The lowest BCUT2D eigenvalue weighted by Crippen LogP contribution is -2.50. The highest BCUT2D eigenvalue weighted by atomic mass is 16.5. The Labute approximate surface area is 127 Å². The van der Waals surface area contributed by atoms with Crippen LogP contribution in [0.2, 0.25) is 0 Å². The SMILES string of the molecule is CC(C)(O)CN1CCN(Cc2noc(C(C)(C)C)n2)CC1. The van der Waals surface area contributed by atoms with E-state index >= 15 is 0 Å². The van der Waals surface area contributed by atoms with Gasteiger partial charge in [-0.2, -0.15) is 4.98 Å². The van der Waals surface area contributed by atoms with Crippen LogP contribution in [0.25, 0.3) is 0 Å². The molecule has 0 amide bonds. The Morgan fingerprint density at radius 3 is 2.10 bits per heavy atom. The molecule has 1 fully saturated rings. The van der Waals surface area contributed by atoms with E-state index in [0.29, 0.717) is 5.89 Å². The number of aliphatic hydroxyl groups is 1. The summed E-state index contributed by atoms with van der Waals surface area (Å²) >= 11 is 0. The van der Waals surface area contributed by atoms with Gasteiger partial charge in [-0.25, -0.2) is 0 Å². The third-order valence-electron chi connectivity index (χ3n) is 3.55. The summed E-state index contributed by atoms with van der Waals surface area (Å²) in [6.07, 6.45) is 0. The first-order chi connectivity index (χ1) is 9.63. The van der Waals surface area contributed by atoms with Gasteiger partial charge in [0.2, 0.25) is 5.89 Å². The van der Waals surface area contributed by atoms with Crippen LogP contribution in [0.1, 0.15) is 46.3 Å². The zero-order valence-electron chi connectivity index (χ0n) is 13.9. The first-order valence-corrected chi connectivity index (χ1v) is 7.64. The molecular weight excluding hydrogens is 268 g/mol. The summed E-state index contributed by atoms with van der Waals surface area (Å²) in [7, 11) is 0. The minimum absolute atomic E-state index is 0.101. The van der Waals surface area contributed by atoms with E-state index in [9.17, 15) is 5.11 Å². The van der Waals surface area contributed by atoms with Crippen LogP contribution in [0.15, 0.2) is 4.52 Å². The maximum Gasteiger partial charge on any atom is 0.232 e. The van der Waals surface area contributed by atoms with Crippen molar-refractivity contribution in [1.82, 2.24) is 19.9 Å². The van der Waals surface area contributed by atoms with Crippen molar-refractivity contribution in [3.05, 3.63) is 11.7 Å². The number of aromatic nitrogens is 2. The number of rotatable bonds is 4. The second kappa shape index (κ2) is 6.02. The van der Waals surface area contributed by atoms with Gasteiger partial charge in [-0.1, -0.05) is 25.9 Å². The van der Waals surface area contributed by atoms with Crippen molar-refractivity contribution in [2.45, 2.75) is 52.2 Å². The van der Waals surface area contributed by atoms with E-state index in [1.54, 1.807) is 0 Å². The lowest BCUT2D eigenvalue weighted by molar-refractivity contribution is 0.0162. The molecule has 2 rings (SSSR count). The van der Waals surface area contributed by atoms with Crippen LogP contribution in [0.5, 0.6) is 0 Å². The molecule has 1 saturated heterocycles. The fraction of sp³-hybridized carbons (Fsp3) is 0.867. The summed E-state index contributed by atoms with van der Waals surface area (Å²) in [5, 5.41) is 13.9. The Bertz CT molecular complexity index is 451. The van der Waals surface area contributed by atoms with Crippen LogP contribution in [-0.2, 0) is 12.0 Å². The second-order valence-electron chi connectivity index (χ2n) is 7.63. The predicted molar refractivity (Wildman–Crippen MR) is 81.0 cm³/mol. The minimum Gasteiger partial charge on any atom is -0.389 e. The number of nitrogens with zero attached hydrogens (tertiary/aromatic N) is 4. The molecule has 0 radical (unpaired) electrons. The van der Waals surface area contributed by atoms with Crippen LogP contribution in [0.4, 0.5) is 0 Å². The summed E-state index contributed by atoms with van der Waals surface area (Å²) in [5.41, 5.74) is -0.728. The molecule has 1 aromatic rings. The molecule has 1 aliphatic rings. The molecule has 6 heteroatoms. The highest BCUT2D eigenvalue weighted by Crippen LogP contribution is 2.20. The summed E-state index contributed by atoms with van der Waals surface area (Å²) in [6.45, 7) is 15.2. The lowest BCUT2D eigenvalue weighted by atomic mass is 9.97. The first-order valence-electron chi connectivity index (χ1n) is 7.64. The van der Waals surface area contributed by atoms with E-state index < -0.39 is 5.60 Å². The van der Waals surface area contributed by atoms with E-state index in [0.717, 1.165) is 45.1 Å². The van der Waals surface area contributed by atoms with Gasteiger partial charge in [-0.05, 0) is 13.8 Å². The summed E-state index contributed by atoms with van der Waals surface area (Å²) in [5.74, 6) is 1.45. The van der Waals surface area contributed by atoms with Crippen molar-refractivity contribution < 1.29 is 9.63 Å². The lowest BCUT2D eigenvalue weighted by Gasteiger charge is -2.36. The summed E-state index contributed by atoms with van der Waals surface area (Å²) in [6, 6.07) is 0. The van der Waals surface area contributed by atoms with E-state index in [2.05, 4.69) is 40.7 Å². The smallest absolute Gasteiger partial charge is 0.232 e. The second-order valence-corrected chi connectivity index (χ2v) is 7.63. The molecule has 0 aromatic carbocycles. The summed E-state index contributed by atoms with van der Waals surface area (Å²) < 4.78 is 5.33. The molecule has 0 atom stereocenters. The van der Waals surface area contributed by atoms with Crippen molar-refractivity contribution in [2.24, 2.45) is 0 Å². The number of β-amino-alcohol motifs (C(OH)–C–C–N with tert-alkyl or cyclic N) is 1. The average molecular weight is 296 g/mol. The third-order valence-corrected chi connectivity index (χ3v) is 3.55. The number of hydrogen-bond donors (Lipinski definition) is 1. The van der Waals surface area contributed by atoms with Crippen LogP contribution < -0.4 is 0 Å². The molecule has 1 N–H and O–H groups in total. The Kier molecular flexibility index (Phi) is 4.70. The Morgan fingerprint density at radius 1 is 1.05 bits per heavy atom. The van der Waals surface area contributed by atoms with Crippen molar-refractivity contribution in [1.29, 1.82) is 0 Å². The normalized spacial score (nSPS) is 19.1. The molecule has 1 aliphatic heterocycles. The average Bonchev–Trinajstić information content (AvgIpc) is 2.78. The fourth-order valence-corrected chi connectivity index (χ4v) is 2.48. The number of piperazine rings is 1. The molecule has 0 unspecified atom stereocenters. The molecule has 0 aliphatic carbocycles. The van der Waals surface area contributed by atoms with Crippen molar-refractivity contribution in [2.75, 3.05) is 32.7 Å². The van der Waals surface area contributed by atoms with Gasteiger partial charge >= 0.3 is 0 Å². The molecule has 120 valence electrons. The minimum atomic E-state index is -0.628. The predicted octanol–water partition coefficient (Wildman–Crippen LogP) is 1.26. The van der Waals surface area contributed by atoms with E-state index in [4.69, 9.17) is 4.52 Å². The van der Waals surface area contributed by atoms with E-state index in [1.807, 2.05) is 13.8 Å². The van der Waals surface area contributed by atoms with Gasteiger partial charge in [0, 0.05) is 38.1 Å². The Hall–Kier alpha value is -0.980. The number of hydrogen-bond acceptors (Lipinski definition) is 6. The third kappa shape index (κ3) is 5.05. The molecular formula is C15H28N4O2. The van der Waals surface area contributed by atoms with Gasteiger partial charge in [-0.15, -0.1) is 0 Å². The van der Waals surface area contributed by atoms with Gasteiger partial charge in [0.05, 0.1) is 12.1 Å². The largest absolute Gasteiger partial charge is 0.389 e. The zero-order valence-corrected chi connectivity index (χ0v) is 13.9. The van der Waals surface area contributed by atoms with Crippen molar-refractivity contribution in [3.8, 4) is 0 Å². The standard InChI is InChI=1S/C15H28N4O2/c1-14(2,3)13-16-12(17-21-13)10-18-6-8-19(9-7-18)11-15(4,5)20/h20H,6-11H2,1-5H3. The van der Waals surface area contributed by atoms with Crippen LogP contribution >= 0.6 is 0 Å². The van der Waals surface area contributed by atoms with Crippen LogP contribution in [0, 0.1) is 0 Å². The molecule has 2 heterocycles. The van der Waals surface area contributed by atoms with Gasteiger partial charge in [0.1, 0.15) is 0 Å². The van der Waals surface area contributed by atoms with E-state index in [-0.39, 0.29) is 5.41 Å². The van der Waals surface area contributed by atoms with Crippen molar-refractivity contribution >= 4 is 0 Å². The van der Waals surface area contributed by atoms with Gasteiger partial charge in [-0.3, -0.25) is 9.80 Å². The highest BCUT2D eigenvalue weighted by molar-refractivity contribution is 4.98. The van der Waals surface area contributed by atoms with Crippen LogP contribution in [0.3, 0.4) is 0 Å². The van der Waals surface area contributed by atoms with Gasteiger partial charge < -0.3 is 9.63 Å². The summed E-state index contributed by atoms with van der Waals surface area (Å²) in [4.78, 5) is 9.11. The Balaban J connectivity index is 1.82. The fourth-order valence-electron chi connectivity index (χ4n) is 2.48. The highest BCUT2D eigenvalue weighted by Gasteiger charge is 2.25. The molecule has 0 spiro atoms. The van der Waals surface area contributed by atoms with Gasteiger partial charge in [0.25, 0.3) is 0 Å². The van der Waals surface area contributed by atoms with Crippen LogP contribution in [-0.4, -0.2) is 63.4 Å². The molecule has 1 aromatic heterocycles. The maximum absolute atomic E-state index is 9.86. The quantitative estimate of drug-likeness (QED) is 0.902. The topological polar surface area (TPSA) is 65.6 Å². The van der Waals surface area contributed by atoms with E-state index in [1.165, 1.54) is 0 Å². The molecule has 21 heavy (non-hydrogen) atoms. The Morgan fingerprint density at radius 2 is 1.62 bits per heavy atom. The molecule has 0 bridgehead atoms. The first kappa shape index (κ1) is 16.4. The zero-order chi connectivity index (χ0) is 15.7. The molecule has 6 nitrogen and oxygen atoms in total. The van der Waals surface area contributed by atoms with Crippen molar-refractivity contribution in [3.63, 3.8) is 0 Å².